The molecule has 4 aromatic rings. The zero-order valence-corrected chi connectivity index (χ0v) is 17.9. The van der Waals surface area contributed by atoms with E-state index in [1.54, 1.807) is 18.2 Å². The van der Waals surface area contributed by atoms with Crippen molar-refractivity contribution in [1.29, 1.82) is 0 Å². The van der Waals surface area contributed by atoms with Gasteiger partial charge in [-0.2, -0.15) is 0 Å². The van der Waals surface area contributed by atoms with E-state index in [1.165, 1.54) is 24.5 Å². The van der Waals surface area contributed by atoms with E-state index in [1.807, 2.05) is 13.0 Å². The fraction of sp³-hybridized carbons (Fsp3) is 0.0833. The van der Waals surface area contributed by atoms with Crippen LogP contribution in [-0.4, -0.2) is 26.8 Å². The molecule has 0 spiro atoms. The van der Waals surface area contributed by atoms with E-state index in [-0.39, 0.29) is 26.7 Å². The molecule has 1 atom stereocenters. The van der Waals surface area contributed by atoms with Crippen LogP contribution in [0.2, 0.25) is 0 Å². The molecule has 2 aromatic carbocycles. The summed E-state index contributed by atoms with van der Waals surface area (Å²) in [5, 5.41) is 11.0. The number of hydrogen-bond acceptors (Lipinski definition) is 6. The highest BCUT2D eigenvalue weighted by Crippen LogP contribution is 2.44. The molecule has 1 aliphatic heterocycles. The molecule has 1 amide bonds. The number of aliphatic hydroxyl groups excluding tert-OH is 1. The lowest BCUT2D eigenvalue weighted by Gasteiger charge is -2.23. The molecular weight excluding hydrogens is 448 g/mol. The Hall–Kier alpha value is -3.98. The average Bonchev–Trinajstić information content (AvgIpc) is 3.33. The molecule has 6 nitrogen and oxygen atoms in total. The van der Waals surface area contributed by atoms with Crippen molar-refractivity contribution in [3.8, 4) is 0 Å². The Bertz CT molecular complexity index is 1470. The lowest BCUT2D eigenvalue weighted by Crippen LogP contribution is -2.29. The van der Waals surface area contributed by atoms with E-state index < -0.39 is 29.4 Å². The number of aromatic nitrogens is 2. The van der Waals surface area contributed by atoms with Gasteiger partial charge in [0.2, 0.25) is 0 Å². The van der Waals surface area contributed by atoms with Gasteiger partial charge in [-0.3, -0.25) is 19.5 Å². The van der Waals surface area contributed by atoms with E-state index in [4.69, 9.17) is 0 Å². The second-order valence-electron chi connectivity index (χ2n) is 7.55. The highest BCUT2D eigenvalue weighted by atomic mass is 32.1. The number of ketones is 1. The summed E-state index contributed by atoms with van der Waals surface area (Å²) in [6.07, 6.45) is 2.91. The van der Waals surface area contributed by atoms with E-state index in [2.05, 4.69) is 9.97 Å². The van der Waals surface area contributed by atoms with E-state index >= 15 is 0 Å². The number of thiazole rings is 1. The Morgan fingerprint density at radius 1 is 1.09 bits per heavy atom. The predicted molar refractivity (Wildman–Crippen MR) is 120 cm³/mol. The molecule has 33 heavy (non-hydrogen) atoms. The summed E-state index contributed by atoms with van der Waals surface area (Å²) in [4.78, 5) is 35.5. The largest absolute Gasteiger partial charge is 0.507 e. The first-order valence-electron chi connectivity index (χ1n) is 9.88. The molecule has 1 aliphatic rings. The van der Waals surface area contributed by atoms with Crippen LogP contribution in [0.1, 0.15) is 22.7 Å². The topological polar surface area (TPSA) is 83.4 Å². The summed E-state index contributed by atoms with van der Waals surface area (Å²) in [5.41, 5.74) is 1.53. The summed E-state index contributed by atoms with van der Waals surface area (Å²) in [6, 6.07) is 11.0. The third kappa shape index (κ3) is 3.46. The molecule has 0 aliphatic carbocycles. The quantitative estimate of drug-likeness (QED) is 0.265. The Morgan fingerprint density at radius 3 is 2.58 bits per heavy atom. The Morgan fingerprint density at radius 2 is 1.85 bits per heavy atom. The fourth-order valence-electron chi connectivity index (χ4n) is 3.90. The summed E-state index contributed by atoms with van der Waals surface area (Å²) in [6.45, 7) is 1.86. The number of halogens is 2. The average molecular weight is 463 g/mol. The van der Waals surface area contributed by atoms with Crippen LogP contribution in [0.3, 0.4) is 0 Å². The molecule has 3 heterocycles. The van der Waals surface area contributed by atoms with E-state index in [9.17, 15) is 23.5 Å². The van der Waals surface area contributed by atoms with E-state index in [0.29, 0.717) is 17.2 Å². The van der Waals surface area contributed by atoms with Crippen molar-refractivity contribution in [2.45, 2.75) is 13.0 Å². The zero-order valence-electron chi connectivity index (χ0n) is 17.1. The standard InChI is InChI=1S/C24H15F2N3O3S/c1-12-3-2-4-14(9-12)20-18(21(30)13-5-7-27-8-6-13)22(31)23(32)29(20)24-28-19-16(26)10-15(25)11-17(19)33-24/h2-11,20,30H,1H3/b21-18+. The number of amides is 1. The molecule has 1 saturated heterocycles. The van der Waals surface area contributed by atoms with Gasteiger partial charge in [-0.15, -0.1) is 0 Å². The molecule has 5 rings (SSSR count). The van der Waals surface area contributed by atoms with Crippen LogP contribution in [0, 0.1) is 18.6 Å². The lowest BCUT2D eigenvalue weighted by atomic mass is 9.95. The minimum atomic E-state index is -1.01. The Balaban J connectivity index is 1.76. The van der Waals surface area contributed by atoms with Crippen LogP contribution < -0.4 is 4.90 Å². The van der Waals surface area contributed by atoms with Crippen LogP contribution in [0.15, 0.2) is 66.5 Å². The number of hydrogen-bond donors (Lipinski definition) is 1. The van der Waals surface area contributed by atoms with Gasteiger partial charge in [0.25, 0.3) is 5.78 Å². The van der Waals surface area contributed by atoms with Crippen LogP contribution in [-0.2, 0) is 9.59 Å². The van der Waals surface area contributed by atoms with Crippen LogP contribution >= 0.6 is 11.3 Å². The van der Waals surface area contributed by atoms with Gasteiger partial charge < -0.3 is 5.11 Å². The highest BCUT2D eigenvalue weighted by molar-refractivity contribution is 7.22. The predicted octanol–water partition coefficient (Wildman–Crippen LogP) is 4.90. The first kappa shape index (κ1) is 20.9. The number of benzene rings is 2. The van der Waals surface area contributed by atoms with Crippen LogP contribution in [0.4, 0.5) is 13.9 Å². The minimum Gasteiger partial charge on any atom is -0.507 e. The summed E-state index contributed by atoms with van der Waals surface area (Å²) in [5.74, 6) is -3.82. The summed E-state index contributed by atoms with van der Waals surface area (Å²) < 4.78 is 28.2. The monoisotopic (exact) mass is 463 g/mol. The molecular formula is C24H15F2N3O3S. The Labute approximate surface area is 190 Å². The summed E-state index contributed by atoms with van der Waals surface area (Å²) in [7, 11) is 0. The number of rotatable bonds is 3. The molecule has 0 bridgehead atoms. The third-order valence-electron chi connectivity index (χ3n) is 5.36. The van der Waals surface area contributed by atoms with Gasteiger partial charge in [0.15, 0.2) is 10.9 Å². The van der Waals surface area contributed by atoms with E-state index in [0.717, 1.165) is 27.9 Å². The number of aryl methyl sites for hydroxylation is 1. The second-order valence-corrected chi connectivity index (χ2v) is 8.56. The number of carbonyl (C=O) groups is 2. The molecule has 1 unspecified atom stereocenters. The maximum Gasteiger partial charge on any atom is 0.301 e. The zero-order chi connectivity index (χ0) is 23.3. The maximum atomic E-state index is 14.3. The first-order chi connectivity index (χ1) is 15.8. The van der Waals surface area contributed by atoms with Gasteiger partial charge in [0, 0.05) is 24.0 Å². The molecule has 9 heteroatoms. The number of nitrogens with zero attached hydrogens (tertiary/aromatic N) is 3. The molecule has 1 fully saturated rings. The number of pyridine rings is 1. The second kappa shape index (κ2) is 7.86. The van der Waals surface area contributed by atoms with Crippen molar-refractivity contribution in [1.82, 2.24) is 9.97 Å². The third-order valence-corrected chi connectivity index (χ3v) is 6.37. The Kier molecular flexibility index (Phi) is 4.98. The molecule has 164 valence electrons. The molecule has 1 N–H and O–H groups in total. The SMILES string of the molecule is Cc1cccc(C2/C(=C(\O)c3ccncc3)C(=O)C(=O)N2c2nc3c(F)cc(F)cc3s2)c1. The van der Waals surface area contributed by atoms with Crippen molar-refractivity contribution in [2.75, 3.05) is 4.90 Å². The van der Waals surface area contributed by atoms with Gasteiger partial charge >= 0.3 is 5.91 Å². The number of Topliss-reactive ketones (excluding diaryl/α,β-unsaturated/α-hetero) is 1. The smallest absolute Gasteiger partial charge is 0.301 e. The number of fused-ring (bicyclic) bond motifs is 1. The molecule has 0 radical (unpaired) electrons. The molecule has 2 aromatic heterocycles. The normalized spacial score (nSPS) is 17.8. The number of carbonyl (C=O) groups excluding carboxylic acids is 2. The van der Waals surface area contributed by atoms with Gasteiger partial charge in [-0.1, -0.05) is 41.2 Å². The highest BCUT2D eigenvalue weighted by Gasteiger charge is 2.48. The van der Waals surface area contributed by atoms with Crippen LogP contribution in [0.25, 0.3) is 16.0 Å². The lowest BCUT2D eigenvalue weighted by molar-refractivity contribution is -0.132. The van der Waals surface area contributed by atoms with Gasteiger partial charge in [-0.05, 0) is 30.7 Å². The first-order valence-corrected chi connectivity index (χ1v) is 10.7. The number of anilines is 1. The van der Waals surface area contributed by atoms with Crippen molar-refractivity contribution < 1.29 is 23.5 Å². The van der Waals surface area contributed by atoms with Crippen LogP contribution in [0.5, 0.6) is 0 Å². The fourth-order valence-corrected chi connectivity index (χ4v) is 4.93. The maximum absolute atomic E-state index is 14.3. The molecule has 0 saturated carbocycles. The minimum absolute atomic E-state index is 0.0249. The summed E-state index contributed by atoms with van der Waals surface area (Å²) >= 11 is 0.888. The van der Waals surface area contributed by atoms with Gasteiger partial charge in [0.1, 0.15) is 17.1 Å². The van der Waals surface area contributed by atoms with Crippen molar-refractivity contribution >= 4 is 44.1 Å². The van der Waals surface area contributed by atoms with Gasteiger partial charge in [0.05, 0.1) is 16.3 Å². The van der Waals surface area contributed by atoms with Gasteiger partial charge in [-0.25, -0.2) is 13.8 Å². The van der Waals surface area contributed by atoms with Crippen molar-refractivity contribution in [3.63, 3.8) is 0 Å². The number of aliphatic hydroxyl groups is 1. The van der Waals surface area contributed by atoms with Crippen molar-refractivity contribution in [2.24, 2.45) is 0 Å². The van der Waals surface area contributed by atoms with Crippen molar-refractivity contribution in [3.05, 3.63) is 94.8 Å².